The Morgan fingerprint density at radius 3 is 2.63 bits per heavy atom. The Kier molecular flexibility index (Phi) is 4.12. The van der Waals surface area contributed by atoms with Crippen molar-refractivity contribution in [2.24, 2.45) is 14.1 Å². The van der Waals surface area contributed by atoms with E-state index in [2.05, 4.69) is 30.7 Å². The first-order valence-corrected chi connectivity index (χ1v) is 9.14. The number of fused-ring (bicyclic) bond motifs is 1. The van der Waals surface area contributed by atoms with Crippen molar-refractivity contribution < 1.29 is 4.74 Å². The Labute approximate surface area is 170 Å². The Hall–Kier alpha value is -4.28. The zero-order valence-corrected chi connectivity index (χ0v) is 16.6. The van der Waals surface area contributed by atoms with Crippen molar-refractivity contribution in [3.63, 3.8) is 0 Å². The number of hydrogen-bond acceptors (Lipinski definition) is 8. The van der Waals surface area contributed by atoms with Gasteiger partial charge in [-0.05, 0) is 12.1 Å². The van der Waals surface area contributed by atoms with Gasteiger partial charge in [0, 0.05) is 32.4 Å². The predicted molar refractivity (Wildman–Crippen MR) is 110 cm³/mol. The van der Waals surface area contributed by atoms with Gasteiger partial charge >= 0.3 is 0 Å². The molecule has 0 saturated carbocycles. The molecule has 0 radical (unpaired) electrons. The van der Waals surface area contributed by atoms with E-state index in [0.717, 1.165) is 16.9 Å². The summed E-state index contributed by atoms with van der Waals surface area (Å²) in [7, 11) is 5.30. The molecule has 0 aliphatic rings. The zero-order chi connectivity index (χ0) is 20.7. The smallest absolute Gasteiger partial charge is 0.162 e. The molecule has 150 valence electrons. The summed E-state index contributed by atoms with van der Waals surface area (Å²) in [4.78, 5) is 10.6. The van der Waals surface area contributed by atoms with E-state index in [4.69, 9.17) is 9.72 Å². The molecule has 30 heavy (non-hydrogen) atoms. The number of aromatic nitrogens is 9. The Balaban J connectivity index is 1.57. The van der Waals surface area contributed by atoms with E-state index in [1.807, 2.05) is 38.4 Å². The van der Waals surface area contributed by atoms with Crippen LogP contribution in [0.25, 0.3) is 28.1 Å². The summed E-state index contributed by atoms with van der Waals surface area (Å²) in [6.45, 7) is 0. The van der Waals surface area contributed by atoms with E-state index < -0.39 is 0 Å². The van der Waals surface area contributed by atoms with Crippen molar-refractivity contribution in [2.75, 3.05) is 12.4 Å². The number of aryl methyl sites for hydroxylation is 2. The van der Waals surface area contributed by atoms with Gasteiger partial charge in [0.2, 0.25) is 0 Å². The molecule has 0 aromatic carbocycles. The fourth-order valence-electron chi connectivity index (χ4n) is 3.25. The van der Waals surface area contributed by atoms with Crippen LogP contribution >= 0.6 is 0 Å². The summed E-state index contributed by atoms with van der Waals surface area (Å²) >= 11 is 0. The van der Waals surface area contributed by atoms with Gasteiger partial charge in [-0.2, -0.15) is 25.2 Å². The Morgan fingerprint density at radius 2 is 1.83 bits per heavy atom. The minimum absolute atomic E-state index is 0.612. The number of rotatable bonds is 5. The monoisotopic (exact) mass is 402 g/mol. The number of ether oxygens (including phenoxy) is 1. The van der Waals surface area contributed by atoms with Gasteiger partial charge in [0.25, 0.3) is 0 Å². The number of nitrogens with zero attached hydrogens (tertiary/aromatic N) is 9. The molecule has 0 saturated heterocycles. The maximum absolute atomic E-state index is 5.41. The third kappa shape index (κ3) is 2.92. The summed E-state index contributed by atoms with van der Waals surface area (Å²) in [6.07, 6.45) is 6.72. The lowest BCUT2D eigenvalue weighted by atomic mass is 10.2. The molecule has 1 N–H and O–H groups in total. The van der Waals surface area contributed by atoms with Gasteiger partial charge < -0.3 is 10.1 Å². The zero-order valence-electron chi connectivity index (χ0n) is 16.6. The van der Waals surface area contributed by atoms with Gasteiger partial charge in [0.1, 0.15) is 34.5 Å². The number of pyridine rings is 2. The first-order chi connectivity index (χ1) is 14.6. The van der Waals surface area contributed by atoms with Crippen LogP contribution in [0.1, 0.15) is 0 Å². The fraction of sp³-hybridized carbons (Fsp3) is 0.158. The maximum Gasteiger partial charge on any atom is 0.162 e. The van der Waals surface area contributed by atoms with Crippen molar-refractivity contribution >= 4 is 22.7 Å². The lowest BCUT2D eigenvalue weighted by Crippen LogP contribution is -2.05. The van der Waals surface area contributed by atoms with Crippen molar-refractivity contribution in [1.29, 1.82) is 0 Å². The lowest BCUT2D eigenvalue weighted by molar-refractivity contribution is 0.414. The van der Waals surface area contributed by atoms with Crippen LogP contribution < -0.4 is 10.1 Å². The molecule has 5 aromatic rings. The van der Waals surface area contributed by atoms with Crippen molar-refractivity contribution in [1.82, 2.24) is 44.5 Å². The largest absolute Gasteiger partial charge is 0.494 e. The average molecular weight is 402 g/mol. The van der Waals surface area contributed by atoms with Crippen LogP contribution in [0.2, 0.25) is 0 Å². The molecular weight excluding hydrogens is 384 g/mol. The average Bonchev–Trinajstić information content (AvgIpc) is 3.50. The molecule has 0 atom stereocenters. The van der Waals surface area contributed by atoms with Gasteiger partial charge in [0.15, 0.2) is 5.65 Å². The van der Waals surface area contributed by atoms with Crippen LogP contribution in [0.3, 0.4) is 0 Å². The van der Waals surface area contributed by atoms with E-state index in [0.29, 0.717) is 28.6 Å². The highest BCUT2D eigenvalue weighted by Gasteiger charge is 2.16. The highest BCUT2D eigenvalue weighted by atomic mass is 16.5. The normalized spacial score (nSPS) is 11.2. The Bertz CT molecular complexity index is 1340. The quantitative estimate of drug-likeness (QED) is 0.475. The molecule has 0 unspecified atom stereocenters. The number of hydrogen-bond donors (Lipinski definition) is 1. The standard InChI is InChI=1S/C19H18N10O/c1-27-17(9-13(26-27)18-15(30-3)5-4-6-20-18)24-16-10-14(29-21-7-8-22-29)12-11-23-28(2)19(12)25-16/h4-11H,1-3H3,(H,24,25). The summed E-state index contributed by atoms with van der Waals surface area (Å²) in [5, 5.41) is 21.5. The first kappa shape index (κ1) is 17.8. The van der Waals surface area contributed by atoms with E-state index in [-0.39, 0.29) is 0 Å². The van der Waals surface area contributed by atoms with Crippen LogP contribution in [0, 0.1) is 0 Å². The number of nitrogens with one attached hydrogen (secondary N) is 1. The number of methoxy groups -OCH3 is 1. The Morgan fingerprint density at radius 1 is 1.00 bits per heavy atom. The second-order valence-corrected chi connectivity index (χ2v) is 6.57. The van der Waals surface area contributed by atoms with Gasteiger partial charge in [-0.3, -0.25) is 14.3 Å². The summed E-state index contributed by atoms with van der Waals surface area (Å²) in [5.41, 5.74) is 2.84. The van der Waals surface area contributed by atoms with Crippen LogP contribution in [-0.2, 0) is 14.1 Å². The molecule has 0 bridgehead atoms. The number of anilines is 2. The first-order valence-electron chi connectivity index (χ1n) is 9.14. The molecule has 0 amide bonds. The summed E-state index contributed by atoms with van der Waals surface area (Å²) in [6, 6.07) is 7.44. The molecule has 0 spiro atoms. The summed E-state index contributed by atoms with van der Waals surface area (Å²) < 4.78 is 8.84. The minimum atomic E-state index is 0.612. The van der Waals surface area contributed by atoms with Gasteiger partial charge in [-0.1, -0.05) is 0 Å². The molecular formula is C19H18N10O. The molecule has 5 rings (SSSR count). The summed E-state index contributed by atoms with van der Waals surface area (Å²) in [5.74, 6) is 2.01. The topological polar surface area (TPSA) is 113 Å². The van der Waals surface area contributed by atoms with E-state index >= 15 is 0 Å². The van der Waals surface area contributed by atoms with Gasteiger partial charge in [0.05, 0.1) is 31.1 Å². The van der Waals surface area contributed by atoms with E-state index in [1.165, 1.54) is 0 Å². The second-order valence-electron chi connectivity index (χ2n) is 6.57. The van der Waals surface area contributed by atoms with Gasteiger partial charge in [-0.15, -0.1) is 0 Å². The molecule has 11 nitrogen and oxygen atoms in total. The van der Waals surface area contributed by atoms with Crippen LogP contribution in [0.4, 0.5) is 11.6 Å². The third-order valence-corrected chi connectivity index (χ3v) is 4.69. The highest BCUT2D eigenvalue weighted by Crippen LogP contribution is 2.30. The van der Waals surface area contributed by atoms with Gasteiger partial charge in [-0.25, -0.2) is 4.98 Å². The molecule has 0 aliphatic heterocycles. The van der Waals surface area contributed by atoms with Crippen molar-refractivity contribution in [2.45, 2.75) is 0 Å². The molecule has 5 heterocycles. The van der Waals surface area contributed by atoms with Crippen LogP contribution in [-0.4, -0.2) is 51.6 Å². The predicted octanol–water partition coefficient (Wildman–Crippen LogP) is 2.10. The van der Waals surface area contributed by atoms with E-state index in [9.17, 15) is 0 Å². The third-order valence-electron chi connectivity index (χ3n) is 4.69. The van der Waals surface area contributed by atoms with Crippen LogP contribution in [0.15, 0.2) is 49.1 Å². The molecule has 0 fully saturated rings. The fourth-order valence-corrected chi connectivity index (χ4v) is 3.25. The lowest BCUT2D eigenvalue weighted by Gasteiger charge is -2.09. The minimum Gasteiger partial charge on any atom is -0.494 e. The highest BCUT2D eigenvalue weighted by molar-refractivity contribution is 5.86. The maximum atomic E-state index is 5.41. The molecule has 0 aliphatic carbocycles. The van der Waals surface area contributed by atoms with Crippen LogP contribution in [0.5, 0.6) is 5.75 Å². The van der Waals surface area contributed by atoms with E-state index in [1.54, 1.807) is 46.1 Å². The second kappa shape index (κ2) is 6.95. The molecule has 5 aromatic heterocycles. The van der Waals surface area contributed by atoms with Crippen molar-refractivity contribution in [3.05, 3.63) is 49.1 Å². The van der Waals surface area contributed by atoms with Crippen molar-refractivity contribution in [3.8, 4) is 22.8 Å². The SMILES string of the molecule is COc1cccnc1-c1cc(Nc2cc(-n3nccn3)c3cnn(C)c3n2)n(C)n1. The molecule has 11 heteroatoms.